The number of hydrogen-bond acceptors (Lipinski definition) is 6. The van der Waals surface area contributed by atoms with Crippen LogP contribution < -0.4 is 5.56 Å². The molecule has 3 N–H and O–H groups in total. The molecule has 1 atom stereocenters. The third-order valence-electron chi connectivity index (χ3n) is 3.48. The van der Waals surface area contributed by atoms with Crippen LogP contribution in [0, 0.1) is 0 Å². The number of aromatic amines is 1. The van der Waals surface area contributed by atoms with Gasteiger partial charge in [-0.25, -0.2) is 9.97 Å². The Morgan fingerprint density at radius 1 is 1.47 bits per heavy atom. The third kappa shape index (κ3) is 1.84. The molecule has 1 saturated heterocycles. The summed E-state index contributed by atoms with van der Waals surface area (Å²) in [5, 5.41) is 18.6. The Labute approximate surface area is 107 Å². The van der Waals surface area contributed by atoms with Gasteiger partial charge >= 0.3 is 0 Å². The lowest BCUT2D eigenvalue weighted by atomic mass is 10.0. The van der Waals surface area contributed by atoms with Crippen LogP contribution in [0.3, 0.4) is 0 Å². The van der Waals surface area contributed by atoms with Gasteiger partial charge in [0.25, 0.3) is 5.56 Å². The molecule has 0 bridgehead atoms. The molecule has 0 amide bonds. The van der Waals surface area contributed by atoms with Gasteiger partial charge in [-0.15, -0.1) is 0 Å². The summed E-state index contributed by atoms with van der Waals surface area (Å²) in [5.41, 5.74) is -0.558. The van der Waals surface area contributed by atoms with Gasteiger partial charge in [0, 0.05) is 0 Å². The first-order chi connectivity index (χ1) is 9.19. The van der Waals surface area contributed by atoms with E-state index in [4.69, 9.17) is 4.74 Å². The molecule has 1 aliphatic rings. The second-order valence-electron chi connectivity index (χ2n) is 4.67. The molecule has 0 aromatic carbocycles. The summed E-state index contributed by atoms with van der Waals surface area (Å²) in [6.07, 6.45) is 3.55. The second-order valence-corrected chi connectivity index (χ2v) is 4.67. The van der Waals surface area contributed by atoms with Gasteiger partial charge < -0.3 is 19.9 Å². The quantitative estimate of drug-likeness (QED) is 0.667. The fraction of sp³-hybridized carbons (Fsp3) is 0.545. The highest BCUT2D eigenvalue weighted by Crippen LogP contribution is 2.36. The number of aliphatic hydroxyl groups excluding tert-OH is 2. The number of nitrogens with zero attached hydrogens (tertiary/aromatic N) is 3. The van der Waals surface area contributed by atoms with Crippen LogP contribution in [-0.2, 0) is 4.74 Å². The van der Waals surface area contributed by atoms with E-state index in [9.17, 15) is 15.0 Å². The predicted molar refractivity (Wildman–Crippen MR) is 64.4 cm³/mol. The molecule has 102 valence electrons. The molecule has 0 saturated carbocycles. The minimum absolute atomic E-state index is 0.247. The van der Waals surface area contributed by atoms with E-state index in [1.807, 2.05) is 0 Å². The van der Waals surface area contributed by atoms with E-state index in [2.05, 4.69) is 15.0 Å². The highest BCUT2D eigenvalue weighted by Gasteiger charge is 2.40. The maximum atomic E-state index is 11.6. The van der Waals surface area contributed by atoms with Crippen molar-refractivity contribution in [3.05, 3.63) is 23.0 Å². The summed E-state index contributed by atoms with van der Waals surface area (Å²) in [6, 6.07) is 0. The first kappa shape index (κ1) is 12.3. The number of hydrogen-bond donors (Lipinski definition) is 3. The van der Waals surface area contributed by atoms with Crippen molar-refractivity contribution < 1.29 is 14.9 Å². The van der Waals surface area contributed by atoms with Crippen molar-refractivity contribution in [1.29, 1.82) is 0 Å². The number of fused-ring (bicyclic) bond motifs is 1. The lowest BCUT2D eigenvalue weighted by Crippen LogP contribution is -2.37. The predicted octanol–water partition coefficient (Wildman–Crippen LogP) is -0.848. The first-order valence-corrected chi connectivity index (χ1v) is 5.99. The second kappa shape index (κ2) is 4.41. The fourth-order valence-corrected chi connectivity index (χ4v) is 2.35. The maximum Gasteiger partial charge on any atom is 0.278 e. The molecule has 8 nitrogen and oxygen atoms in total. The Kier molecular flexibility index (Phi) is 2.85. The van der Waals surface area contributed by atoms with E-state index in [1.165, 1.54) is 12.7 Å². The van der Waals surface area contributed by atoms with Crippen molar-refractivity contribution in [2.75, 3.05) is 13.2 Å². The molecule has 2 aromatic rings. The Hall–Kier alpha value is -1.77. The zero-order chi connectivity index (χ0) is 13.5. The van der Waals surface area contributed by atoms with E-state index in [0.717, 1.165) is 0 Å². The fourth-order valence-electron chi connectivity index (χ4n) is 2.35. The van der Waals surface area contributed by atoms with Crippen molar-refractivity contribution in [1.82, 2.24) is 19.5 Å². The van der Waals surface area contributed by atoms with E-state index >= 15 is 0 Å². The molecule has 3 heterocycles. The van der Waals surface area contributed by atoms with Gasteiger partial charge in [0.15, 0.2) is 11.2 Å². The molecule has 1 fully saturated rings. The maximum absolute atomic E-state index is 11.6. The minimum atomic E-state index is -0.928. The zero-order valence-electron chi connectivity index (χ0n) is 10.1. The summed E-state index contributed by atoms with van der Waals surface area (Å²) in [7, 11) is 0. The van der Waals surface area contributed by atoms with Crippen LogP contribution in [0.15, 0.2) is 17.4 Å². The molecule has 8 heteroatoms. The highest BCUT2D eigenvalue weighted by atomic mass is 16.5. The van der Waals surface area contributed by atoms with Gasteiger partial charge in [0.1, 0.15) is 11.8 Å². The number of rotatable bonds is 3. The van der Waals surface area contributed by atoms with Crippen LogP contribution in [0.1, 0.15) is 19.1 Å². The summed E-state index contributed by atoms with van der Waals surface area (Å²) in [4.78, 5) is 22.1. The van der Waals surface area contributed by atoms with E-state index in [-0.39, 0.29) is 24.3 Å². The van der Waals surface area contributed by atoms with Crippen LogP contribution in [0.5, 0.6) is 0 Å². The largest absolute Gasteiger partial charge is 0.393 e. The highest BCUT2D eigenvalue weighted by molar-refractivity contribution is 5.68. The van der Waals surface area contributed by atoms with E-state index in [0.29, 0.717) is 18.5 Å². The normalized spacial score (nSPS) is 22.1. The molecule has 0 unspecified atom stereocenters. The van der Waals surface area contributed by atoms with E-state index in [1.54, 1.807) is 4.57 Å². The van der Waals surface area contributed by atoms with Crippen LogP contribution in [0.4, 0.5) is 0 Å². The van der Waals surface area contributed by atoms with Crippen molar-refractivity contribution in [3.63, 3.8) is 0 Å². The summed E-state index contributed by atoms with van der Waals surface area (Å²) in [5.74, 6) is 0. The topological polar surface area (TPSA) is 113 Å². The molecule has 19 heavy (non-hydrogen) atoms. The minimum Gasteiger partial charge on any atom is -0.393 e. The standard InChI is InChI=1S/C11H14N4O4/c16-3-11(4-17)2-1-7(19-11)15-6-14-8-9(15)12-5-13-10(8)18/h5-7,16-17H,1-4H2,(H,12,13,18)/t7-/m1/s1. The molecule has 0 aliphatic carbocycles. The van der Waals surface area contributed by atoms with Gasteiger partial charge in [-0.1, -0.05) is 0 Å². The van der Waals surface area contributed by atoms with Crippen LogP contribution in [0.25, 0.3) is 11.2 Å². The van der Waals surface area contributed by atoms with Crippen LogP contribution in [-0.4, -0.2) is 48.5 Å². The molecule has 3 rings (SSSR count). The summed E-state index contributed by atoms with van der Waals surface area (Å²) in [6.45, 7) is -0.499. The zero-order valence-corrected chi connectivity index (χ0v) is 10.1. The number of imidazole rings is 1. The molecule has 2 aromatic heterocycles. The lowest BCUT2D eigenvalue weighted by Gasteiger charge is -2.24. The Morgan fingerprint density at radius 3 is 2.95 bits per heavy atom. The molecule has 0 spiro atoms. The van der Waals surface area contributed by atoms with Gasteiger partial charge in [-0.3, -0.25) is 9.36 Å². The number of H-pyrrole nitrogens is 1. The van der Waals surface area contributed by atoms with Gasteiger partial charge in [0.05, 0.1) is 25.9 Å². The first-order valence-electron chi connectivity index (χ1n) is 5.99. The molecular weight excluding hydrogens is 252 g/mol. The molecule has 1 aliphatic heterocycles. The monoisotopic (exact) mass is 266 g/mol. The van der Waals surface area contributed by atoms with Crippen molar-refractivity contribution in [3.8, 4) is 0 Å². The average molecular weight is 266 g/mol. The Bertz CT molecular complexity index is 645. The molecular formula is C11H14N4O4. The smallest absolute Gasteiger partial charge is 0.278 e. The number of aromatic nitrogens is 4. The number of aliphatic hydroxyl groups is 2. The number of ether oxygens (including phenoxy) is 1. The SMILES string of the molecule is O=c1[nH]cnc2c1ncn2[C@H]1CCC(CO)(CO)O1. The van der Waals surface area contributed by atoms with Gasteiger partial charge in [0.2, 0.25) is 0 Å². The van der Waals surface area contributed by atoms with Gasteiger partial charge in [-0.2, -0.15) is 0 Å². The van der Waals surface area contributed by atoms with Crippen molar-refractivity contribution in [2.24, 2.45) is 0 Å². The molecule has 0 radical (unpaired) electrons. The van der Waals surface area contributed by atoms with Crippen LogP contribution in [0.2, 0.25) is 0 Å². The average Bonchev–Trinajstić information content (AvgIpc) is 3.03. The van der Waals surface area contributed by atoms with Crippen molar-refractivity contribution in [2.45, 2.75) is 24.7 Å². The Morgan fingerprint density at radius 2 is 2.26 bits per heavy atom. The number of nitrogens with one attached hydrogen (secondary N) is 1. The van der Waals surface area contributed by atoms with E-state index < -0.39 is 11.8 Å². The van der Waals surface area contributed by atoms with Crippen molar-refractivity contribution >= 4 is 11.2 Å². The Balaban J connectivity index is 1.99. The summed E-state index contributed by atoms with van der Waals surface area (Å²) >= 11 is 0. The lowest BCUT2D eigenvalue weighted by molar-refractivity contribution is -0.120. The van der Waals surface area contributed by atoms with Gasteiger partial charge in [-0.05, 0) is 12.8 Å². The van der Waals surface area contributed by atoms with Crippen LogP contribution >= 0.6 is 0 Å². The third-order valence-corrected chi connectivity index (χ3v) is 3.48. The summed E-state index contributed by atoms with van der Waals surface area (Å²) < 4.78 is 7.36.